The highest BCUT2D eigenvalue weighted by Gasteiger charge is 2.51. The lowest BCUT2D eigenvalue weighted by Gasteiger charge is -2.39. The van der Waals surface area contributed by atoms with Gasteiger partial charge in [0.25, 0.3) is 11.5 Å². The molecule has 1 unspecified atom stereocenters. The molecule has 2 aromatic carbocycles. The van der Waals surface area contributed by atoms with Crippen molar-refractivity contribution in [1.29, 1.82) is 0 Å². The lowest BCUT2D eigenvalue weighted by atomic mass is 9.85. The van der Waals surface area contributed by atoms with Gasteiger partial charge in [0, 0.05) is 18.6 Å². The molecule has 5 aromatic rings. The number of carbonyl (C=O) groups excluding carboxylic acids is 2. The normalized spacial score (nSPS) is 16.8. The topological polar surface area (TPSA) is 160 Å². The van der Waals surface area contributed by atoms with E-state index in [1.54, 1.807) is 19.9 Å². The van der Waals surface area contributed by atoms with E-state index in [1.165, 1.54) is 27.9 Å². The highest BCUT2D eigenvalue weighted by atomic mass is 35.5. The molecule has 0 aliphatic carbocycles. The average molecular weight is 812 g/mol. The van der Waals surface area contributed by atoms with Crippen LogP contribution in [0.15, 0.2) is 47.5 Å². The minimum Gasteiger partial charge on any atom is -0.504 e. The van der Waals surface area contributed by atoms with Crippen molar-refractivity contribution in [3.8, 4) is 17.1 Å². The summed E-state index contributed by atoms with van der Waals surface area (Å²) >= 11 is 6.15. The summed E-state index contributed by atoms with van der Waals surface area (Å²) in [6.45, 7) is 6.76. The number of aromatic hydroxyl groups is 1. The first-order chi connectivity index (χ1) is 26.7. The van der Waals surface area contributed by atoms with Gasteiger partial charge in [0.05, 0.1) is 44.9 Å². The molecule has 1 fully saturated rings. The number of alkyl halides is 3. The molecule has 19 heteroatoms. The number of carbonyl (C=O) groups is 2. The zero-order valence-electron chi connectivity index (χ0n) is 31.7. The van der Waals surface area contributed by atoms with Gasteiger partial charge in [0.15, 0.2) is 17.3 Å². The largest absolute Gasteiger partial charge is 0.504 e. The first kappa shape index (κ1) is 39.8. The molecule has 0 saturated carbocycles. The number of anilines is 1. The van der Waals surface area contributed by atoms with Gasteiger partial charge in [0.1, 0.15) is 24.3 Å². The fraction of sp³-hybridized carbons (Fsp3) is 0.395. The van der Waals surface area contributed by atoms with Gasteiger partial charge >= 0.3 is 6.18 Å². The summed E-state index contributed by atoms with van der Waals surface area (Å²) in [5.74, 6) is -2.50. The number of piperidine rings is 1. The van der Waals surface area contributed by atoms with Gasteiger partial charge in [0.2, 0.25) is 11.7 Å². The molecule has 0 radical (unpaired) electrons. The Bertz CT molecular complexity index is 2510. The van der Waals surface area contributed by atoms with Crippen LogP contribution in [-0.4, -0.2) is 83.0 Å². The highest BCUT2D eigenvalue weighted by molar-refractivity contribution is 6.33. The first-order valence-corrected chi connectivity index (χ1v) is 18.3. The van der Waals surface area contributed by atoms with E-state index in [0.29, 0.717) is 11.6 Å². The third-order valence-electron chi connectivity index (χ3n) is 11.0. The van der Waals surface area contributed by atoms with Crippen LogP contribution in [0.3, 0.4) is 0 Å². The quantitative estimate of drug-likeness (QED) is 0.192. The Morgan fingerprint density at radius 3 is 2.40 bits per heavy atom. The van der Waals surface area contributed by atoms with Gasteiger partial charge in [-0.2, -0.15) is 22.7 Å². The average Bonchev–Trinajstić information content (AvgIpc) is 3.71. The van der Waals surface area contributed by atoms with Crippen LogP contribution >= 0.6 is 11.6 Å². The third kappa shape index (κ3) is 6.88. The molecule has 1 saturated heterocycles. The summed E-state index contributed by atoms with van der Waals surface area (Å²) in [5.41, 5.74) is -2.30. The van der Waals surface area contributed by atoms with Crippen molar-refractivity contribution in [1.82, 2.24) is 38.9 Å². The number of rotatable bonds is 7. The molecule has 57 heavy (non-hydrogen) atoms. The monoisotopic (exact) mass is 811 g/mol. The van der Waals surface area contributed by atoms with E-state index in [4.69, 9.17) is 16.3 Å². The fourth-order valence-corrected chi connectivity index (χ4v) is 7.55. The molecule has 3 aromatic heterocycles. The van der Waals surface area contributed by atoms with E-state index in [-0.39, 0.29) is 82.2 Å². The van der Waals surface area contributed by atoms with E-state index in [2.05, 4.69) is 25.4 Å². The number of amides is 2. The van der Waals surface area contributed by atoms with Crippen molar-refractivity contribution in [2.24, 2.45) is 0 Å². The summed E-state index contributed by atoms with van der Waals surface area (Å²) in [6, 6.07) is 7.14. The number of hydrogen-bond acceptors (Lipinski definition) is 10. The van der Waals surface area contributed by atoms with Crippen LogP contribution in [0, 0.1) is 12.7 Å². The molecule has 1 spiro atoms. The Labute approximate surface area is 328 Å². The highest BCUT2D eigenvalue weighted by Crippen LogP contribution is 2.48. The number of ether oxygens (including phenoxy) is 1. The first-order valence-electron chi connectivity index (χ1n) is 17.9. The minimum absolute atomic E-state index is 0.00172. The standard InChI is InChI=1S/C38H38ClF4N9O5/c1-19-31(54)29(45-18-44-19)34(56)50-13-11-37(12-14-50)28-30(20(2)57-37)51(17-27(53)46-26-10-8-22(15-24(26)39)38(41,42)43)35-47-32(48-52(35)33(28)55)23-9-7-21(16-25(23)40)36(3,4)49(5)6/h7-10,15-16,18,20,54H,11-14,17H2,1-6H3,(H,46,53). The molecular formula is C38H38ClF4N9O5. The molecule has 5 heterocycles. The van der Waals surface area contributed by atoms with E-state index in [9.17, 15) is 32.7 Å². The van der Waals surface area contributed by atoms with Crippen molar-refractivity contribution in [2.75, 3.05) is 32.5 Å². The van der Waals surface area contributed by atoms with E-state index < -0.39 is 58.7 Å². The molecule has 1 atom stereocenters. The van der Waals surface area contributed by atoms with Crippen molar-refractivity contribution in [2.45, 2.75) is 70.5 Å². The number of halogens is 5. The lowest BCUT2D eigenvalue weighted by Crippen LogP contribution is -2.47. The predicted molar refractivity (Wildman–Crippen MR) is 199 cm³/mol. The third-order valence-corrected chi connectivity index (χ3v) is 11.3. The van der Waals surface area contributed by atoms with Crippen LogP contribution in [0.4, 0.5) is 23.2 Å². The zero-order valence-corrected chi connectivity index (χ0v) is 32.5. The molecule has 2 N–H and O–H groups in total. The molecule has 2 aliphatic rings. The van der Waals surface area contributed by atoms with Crippen LogP contribution in [0.2, 0.25) is 5.02 Å². The van der Waals surface area contributed by atoms with Crippen LogP contribution in [-0.2, 0) is 33.4 Å². The van der Waals surface area contributed by atoms with Crippen LogP contribution in [0.1, 0.15) is 78.3 Å². The van der Waals surface area contributed by atoms with Crippen LogP contribution < -0.4 is 10.9 Å². The van der Waals surface area contributed by atoms with Gasteiger partial charge in [-0.15, -0.1) is 5.10 Å². The Hall–Kier alpha value is -5.46. The van der Waals surface area contributed by atoms with Gasteiger partial charge in [-0.1, -0.05) is 17.7 Å². The smallest absolute Gasteiger partial charge is 0.416 e. The van der Waals surface area contributed by atoms with Crippen molar-refractivity contribution in [3.05, 3.63) is 97.7 Å². The number of aromatic nitrogens is 6. The van der Waals surface area contributed by atoms with E-state index in [1.807, 2.05) is 32.8 Å². The summed E-state index contributed by atoms with van der Waals surface area (Å²) in [6.07, 6.45) is -4.02. The second kappa shape index (κ2) is 14.2. The Kier molecular flexibility index (Phi) is 9.89. The molecule has 300 valence electrons. The predicted octanol–water partition coefficient (Wildman–Crippen LogP) is 5.83. The lowest BCUT2D eigenvalue weighted by molar-refractivity contribution is -0.137. The minimum atomic E-state index is -4.66. The number of likely N-dealkylation sites (tertiary alicyclic amines) is 1. The van der Waals surface area contributed by atoms with Crippen molar-refractivity contribution < 1.29 is 37.0 Å². The second-order valence-electron chi connectivity index (χ2n) is 14.9. The number of hydrogen-bond donors (Lipinski definition) is 2. The number of nitrogens with zero attached hydrogens (tertiary/aromatic N) is 8. The fourth-order valence-electron chi connectivity index (χ4n) is 7.32. The van der Waals surface area contributed by atoms with E-state index in [0.717, 1.165) is 16.6 Å². The SMILES string of the molecule is Cc1ncnc(C(=O)N2CCC3(CC2)OC(C)c2c3c(=O)n3nc(-c4ccc(C(C)(C)N(C)C)cc4F)nc3n2CC(=O)Nc2ccc(C(F)(F)F)cc2Cl)c1O. The van der Waals surface area contributed by atoms with Crippen LogP contribution in [0.25, 0.3) is 17.2 Å². The number of aryl methyl sites for hydroxylation is 1. The van der Waals surface area contributed by atoms with Gasteiger partial charge < -0.3 is 29.5 Å². The zero-order chi connectivity index (χ0) is 41.4. The number of benzene rings is 2. The summed E-state index contributed by atoms with van der Waals surface area (Å²) in [4.78, 5) is 57.5. The number of nitrogens with one attached hydrogen (secondary N) is 1. The summed E-state index contributed by atoms with van der Waals surface area (Å²) in [5, 5.41) is 17.1. The maximum atomic E-state index is 15.9. The Morgan fingerprint density at radius 2 is 1.77 bits per heavy atom. The Morgan fingerprint density at radius 1 is 1.09 bits per heavy atom. The summed E-state index contributed by atoms with van der Waals surface area (Å²) in [7, 11) is 3.74. The van der Waals surface area contributed by atoms with Crippen molar-refractivity contribution in [3.63, 3.8) is 0 Å². The second-order valence-corrected chi connectivity index (χ2v) is 15.3. The molecule has 7 rings (SSSR count). The van der Waals surface area contributed by atoms with Crippen LogP contribution in [0.5, 0.6) is 5.75 Å². The van der Waals surface area contributed by atoms with Gasteiger partial charge in [-0.25, -0.2) is 14.4 Å². The summed E-state index contributed by atoms with van der Waals surface area (Å²) < 4.78 is 64.7. The van der Waals surface area contributed by atoms with Gasteiger partial charge in [-0.3, -0.25) is 14.4 Å². The molecular weight excluding hydrogens is 774 g/mol. The number of fused-ring (bicyclic) bond motifs is 3. The van der Waals surface area contributed by atoms with Crippen molar-refractivity contribution >= 4 is 34.9 Å². The van der Waals surface area contributed by atoms with E-state index >= 15 is 4.39 Å². The van der Waals surface area contributed by atoms with Gasteiger partial charge in [-0.05, 0) is 90.5 Å². The maximum Gasteiger partial charge on any atom is 0.416 e. The maximum absolute atomic E-state index is 15.9. The molecule has 2 amide bonds. The molecule has 2 aliphatic heterocycles. The molecule has 0 bridgehead atoms. The molecule has 14 nitrogen and oxygen atoms in total. The Balaban J connectivity index is 1.30.